The summed E-state index contributed by atoms with van der Waals surface area (Å²) < 4.78 is 2.05. The summed E-state index contributed by atoms with van der Waals surface area (Å²) in [5.41, 5.74) is 5.12. The van der Waals surface area contributed by atoms with Gasteiger partial charge in [0.1, 0.15) is 5.82 Å². The van der Waals surface area contributed by atoms with Crippen LogP contribution in [0.4, 0.5) is 5.82 Å². The van der Waals surface area contributed by atoms with Crippen LogP contribution < -0.4 is 5.32 Å². The van der Waals surface area contributed by atoms with E-state index in [0.29, 0.717) is 0 Å². The Labute approximate surface area is 194 Å². The molecule has 0 spiro atoms. The van der Waals surface area contributed by atoms with E-state index in [2.05, 4.69) is 52.3 Å². The average molecular weight is 436 g/mol. The number of anilines is 1. The highest BCUT2D eigenvalue weighted by Gasteiger charge is 2.17. The molecule has 1 saturated heterocycles. The number of aromatic nitrogens is 3. The van der Waals surface area contributed by atoms with Gasteiger partial charge in [0.25, 0.3) is 0 Å². The largest absolute Gasteiger partial charge is 0.366 e. The van der Waals surface area contributed by atoms with E-state index in [4.69, 9.17) is 0 Å². The first-order valence-corrected chi connectivity index (χ1v) is 12.6. The van der Waals surface area contributed by atoms with Crippen LogP contribution in [0.2, 0.25) is 0 Å². The molecular formula is C27H41N5. The van der Waals surface area contributed by atoms with Gasteiger partial charge in [0.2, 0.25) is 0 Å². The molecule has 0 radical (unpaired) electrons. The Morgan fingerprint density at radius 1 is 1.09 bits per heavy atom. The maximum Gasteiger partial charge on any atom is 0.128 e. The second-order valence-corrected chi connectivity index (χ2v) is 8.62. The Bertz CT molecular complexity index is 934. The molecule has 0 amide bonds. The first kappa shape index (κ1) is 24.2. The lowest BCUT2D eigenvalue weighted by molar-refractivity contribution is 0.158. The van der Waals surface area contributed by atoms with Crippen molar-refractivity contribution < 1.29 is 0 Å². The fraction of sp³-hybridized carbons (Fsp3) is 0.556. The minimum atomic E-state index is 0.751. The van der Waals surface area contributed by atoms with E-state index < -0.39 is 0 Å². The lowest BCUT2D eigenvalue weighted by atomic mass is 10.0. The fourth-order valence-electron chi connectivity index (χ4n) is 4.56. The molecule has 32 heavy (non-hydrogen) atoms. The predicted octanol–water partition coefficient (Wildman–Crippen LogP) is 6.13. The Morgan fingerprint density at radius 2 is 1.97 bits per heavy atom. The van der Waals surface area contributed by atoms with E-state index in [-0.39, 0.29) is 0 Å². The summed E-state index contributed by atoms with van der Waals surface area (Å²) in [5, 5.41) is 8.22. The minimum Gasteiger partial charge on any atom is -0.366 e. The van der Waals surface area contributed by atoms with Gasteiger partial charge in [-0.15, -0.1) is 0 Å². The molecule has 3 aromatic rings. The van der Waals surface area contributed by atoms with Crippen molar-refractivity contribution in [2.45, 2.75) is 85.2 Å². The summed E-state index contributed by atoms with van der Waals surface area (Å²) in [6.45, 7) is 11.9. The molecule has 4 heterocycles. The number of unbranched alkanes of at least 4 members (excludes halogenated alkanes) is 1. The molecule has 0 bridgehead atoms. The van der Waals surface area contributed by atoms with Gasteiger partial charge in [-0.3, -0.25) is 4.98 Å². The van der Waals surface area contributed by atoms with E-state index >= 15 is 0 Å². The molecule has 0 saturated carbocycles. The molecule has 1 atom stereocenters. The van der Waals surface area contributed by atoms with Crippen molar-refractivity contribution in [2.24, 2.45) is 0 Å². The number of aryl methyl sites for hydroxylation is 2. The molecule has 0 aliphatic carbocycles. The van der Waals surface area contributed by atoms with Crippen molar-refractivity contribution >= 4 is 11.3 Å². The molecule has 5 heteroatoms. The van der Waals surface area contributed by atoms with Gasteiger partial charge in [-0.05, 0) is 93.4 Å². The Morgan fingerprint density at radius 3 is 2.72 bits per heavy atom. The van der Waals surface area contributed by atoms with Gasteiger partial charge >= 0.3 is 0 Å². The van der Waals surface area contributed by atoms with E-state index in [0.717, 1.165) is 31.2 Å². The molecular weight excluding hydrogens is 394 g/mol. The monoisotopic (exact) mass is 435 g/mol. The van der Waals surface area contributed by atoms with Crippen LogP contribution in [0.3, 0.4) is 0 Å². The number of piperidine rings is 1. The first-order chi connectivity index (χ1) is 15.7. The minimum absolute atomic E-state index is 0.751. The summed E-state index contributed by atoms with van der Waals surface area (Å²) in [6.07, 6.45) is 14.5. The third-order valence-electron chi connectivity index (χ3n) is 6.44. The third kappa shape index (κ3) is 6.32. The molecule has 0 aromatic carbocycles. The topological polar surface area (TPSA) is 45.5 Å². The van der Waals surface area contributed by atoms with Crippen molar-refractivity contribution in [3.05, 3.63) is 59.5 Å². The third-order valence-corrected chi connectivity index (χ3v) is 6.44. The zero-order valence-electron chi connectivity index (χ0n) is 20.5. The van der Waals surface area contributed by atoms with Crippen molar-refractivity contribution in [2.75, 3.05) is 18.4 Å². The molecule has 1 aliphatic rings. The summed E-state index contributed by atoms with van der Waals surface area (Å²) >= 11 is 0. The molecule has 1 N–H and O–H groups in total. The highest BCUT2D eigenvalue weighted by atomic mass is 15.3. The highest BCUT2D eigenvalue weighted by Crippen LogP contribution is 2.22. The zero-order chi connectivity index (χ0) is 22.8. The number of rotatable bonds is 9. The normalized spacial score (nSPS) is 16.6. The number of likely N-dealkylation sites (tertiary alicyclic amines) is 1. The lowest BCUT2D eigenvalue weighted by Crippen LogP contribution is -2.38. The number of fused-ring (bicyclic) bond motifs is 1. The maximum absolute atomic E-state index is 4.64. The number of hydrogen-bond donors (Lipinski definition) is 1. The van der Waals surface area contributed by atoms with Crippen molar-refractivity contribution in [3.63, 3.8) is 0 Å². The van der Waals surface area contributed by atoms with E-state index in [1.54, 1.807) is 0 Å². The van der Waals surface area contributed by atoms with Crippen LogP contribution >= 0.6 is 0 Å². The van der Waals surface area contributed by atoms with Gasteiger partial charge < -0.3 is 10.2 Å². The van der Waals surface area contributed by atoms with Crippen LogP contribution in [-0.2, 0) is 19.4 Å². The SMILES string of the molecule is CC.CCc1cnn2c(NCc3cccnc3)cc(CCCCN3CCCCC3C)cc12. The summed E-state index contributed by atoms with van der Waals surface area (Å²) in [4.78, 5) is 6.90. The van der Waals surface area contributed by atoms with Gasteiger partial charge in [-0.25, -0.2) is 4.52 Å². The van der Waals surface area contributed by atoms with Gasteiger partial charge in [0, 0.05) is 25.0 Å². The second-order valence-electron chi connectivity index (χ2n) is 8.62. The highest BCUT2D eigenvalue weighted by molar-refractivity contribution is 5.61. The number of hydrogen-bond acceptors (Lipinski definition) is 4. The van der Waals surface area contributed by atoms with Crippen LogP contribution in [0.25, 0.3) is 5.52 Å². The molecule has 5 nitrogen and oxygen atoms in total. The van der Waals surface area contributed by atoms with Crippen molar-refractivity contribution in [1.29, 1.82) is 0 Å². The van der Waals surface area contributed by atoms with Gasteiger partial charge in [0.05, 0.1) is 11.7 Å². The Kier molecular flexibility index (Phi) is 9.54. The molecule has 174 valence electrons. The summed E-state index contributed by atoms with van der Waals surface area (Å²) in [6, 6.07) is 9.46. The van der Waals surface area contributed by atoms with Gasteiger partial charge in [-0.1, -0.05) is 33.3 Å². The Hall–Kier alpha value is -2.40. The van der Waals surface area contributed by atoms with Gasteiger partial charge in [-0.2, -0.15) is 5.10 Å². The standard InChI is InChI=1S/C25H35N5.C2H6/c1-3-23-19-28-30-24(23)15-21(10-5-7-14-29-13-6-4-9-20(29)2)16-25(30)27-18-22-11-8-12-26-17-22;1-2/h8,11-12,15-17,19-20,27H,3-7,9-10,13-14,18H2,1-2H3;1-2H3. The van der Waals surface area contributed by atoms with Crippen LogP contribution in [0.15, 0.2) is 42.9 Å². The fourth-order valence-corrected chi connectivity index (χ4v) is 4.56. The number of pyridine rings is 2. The van der Waals surface area contributed by atoms with Crippen LogP contribution in [0, 0.1) is 0 Å². The average Bonchev–Trinajstić information content (AvgIpc) is 3.26. The first-order valence-electron chi connectivity index (χ1n) is 12.6. The predicted molar refractivity (Wildman–Crippen MR) is 135 cm³/mol. The zero-order valence-corrected chi connectivity index (χ0v) is 20.5. The van der Waals surface area contributed by atoms with E-state index in [1.165, 1.54) is 67.4 Å². The summed E-state index contributed by atoms with van der Waals surface area (Å²) in [7, 11) is 0. The molecule has 4 rings (SSSR count). The van der Waals surface area contributed by atoms with E-state index in [9.17, 15) is 0 Å². The van der Waals surface area contributed by atoms with Crippen molar-refractivity contribution in [1.82, 2.24) is 19.5 Å². The Balaban J connectivity index is 0.00000141. The summed E-state index contributed by atoms with van der Waals surface area (Å²) in [5.74, 6) is 1.07. The van der Waals surface area contributed by atoms with Crippen LogP contribution in [-0.4, -0.2) is 38.6 Å². The molecule has 1 unspecified atom stereocenters. The van der Waals surface area contributed by atoms with Crippen LogP contribution in [0.5, 0.6) is 0 Å². The lowest BCUT2D eigenvalue weighted by Gasteiger charge is -2.33. The molecule has 3 aromatic heterocycles. The van der Waals surface area contributed by atoms with Gasteiger partial charge in [0.15, 0.2) is 0 Å². The smallest absolute Gasteiger partial charge is 0.128 e. The molecule has 1 fully saturated rings. The quantitative estimate of drug-likeness (QED) is 0.411. The van der Waals surface area contributed by atoms with Crippen LogP contribution in [0.1, 0.15) is 76.5 Å². The number of nitrogens with one attached hydrogen (secondary N) is 1. The van der Waals surface area contributed by atoms with Crippen molar-refractivity contribution in [3.8, 4) is 0 Å². The number of nitrogens with zero attached hydrogens (tertiary/aromatic N) is 4. The second kappa shape index (κ2) is 12.6. The molecule has 1 aliphatic heterocycles. The van der Waals surface area contributed by atoms with E-state index in [1.807, 2.05) is 43.0 Å². The maximum atomic E-state index is 4.64.